The molecule has 5 heteroatoms. The van der Waals surface area contributed by atoms with E-state index in [0.717, 1.165) is 50.1 Å². The zero-order valence-electron chi connectivity index (χ0n) is 13.8. The van der Waals surface area contributed by atoms with Crippen LogP contribution in [0.25, 0.3) is 0 Å². The van der Waals surface area contributed by atoms with Crippen LogP contribution >= 0.6 is 0 Å². The number of likely N-dealkylation sites (tertiary alicyclic amines) is 1. The molecule has 2 atom stereocenters. The fraction of sp³-hybridized carbons (Fsp3) is 0.556. The second-order valence-corrected chi connectivity index (χ2v) is 6.74. The molecule has 1 aliphatic heterocycles. The molecule has 3 rings (SSSR count). The van der Waals surface area contributed by atoms with E-state index in [1.807, 2.05) is 24.3 Å². The van der Waals surface area contributed by atoms with Crippen molar-refractivity contribution in [3.05, 3.63) is 29.8 Å². The summed E-state index contributed by atoms with van der Waals surface area (Å²) in [5.41, 5.74) is 1.62. The van der Waals surface area contributed by atoms with Crippen LogP contribution in [-0.4, -0.2) is 37.0 Å². The number of anilines is 1. The van der Waals surface area contributed by atoms with Crippen LogP contribution in [0.4, 0.5) is 5.69 Å². The summed E-state index contributed by atoms with van der Waals surface area (Å²) in [5, 5.41) is 2.88. The summed E-state index contributed by atoms with van der Waals surface area (Å²) in [4.78, 5) is 26.0. The van der Waals surface area contributed by atoms with Crippen LogP contribution in [0.1, 0.15) is 31.7 Å². The average molecular weight is 316 g/mol. The monoisotopic (exact) mass is 316 g/mol. The van der Waals surface area contributed by atoms with Crippen LogP contribution in [-0.2, 0) is 20.9 Å². The van der Waals surface area contributed by atoms with Gasteiger partial charge in [-0.2, -0.15) is 0 Å². The van der Waals surface area contributed by atoms with Crippen molar-refractivity contribution in [1.82, 2.24) is 4.90 Å². The first-order valence-electron chi connectivity index (χ1n) is 8.21. The van der Waals surface area contributed by atoms with E-state index in [0.29, 0.717) is 5.92 Å². The highest BCUT2D eigenvalue weighted by molar-refractivity contribution is 5.89. The minimum atomic E-state index is -0.322. The summed E-state index contributed by atoms with van der Waals surface area (Å²) in [6, 6.07) is 7.85. The topological polar surface area (TPSA) is 58.6 Å². The third kappa shape index (κ3) is 2.98. The predicted octanol–water partition coefficient (Wildman–Crippen LogP) is 2.42. The number of esters is 1. The number of hydrogen-bond donors (Lipinski definition) is 1. The number of carbonyl (C=O) groups is 2. The molecular formula is C18H24N2O3. The molecule has 2 fully saturated rings. The molecule has 5 nitrogen and oxygen atoms in total. The van der Waals surface area contributed by atoms with Gasteiger partial charge in [0.1, 0.15) is 0 Å². The fourth-order valence-electron chi connectivity index (χ4n) is 4.26. The number of hydrogen-bond acceptors (Lipinski definition) is 4. The van der Waals surface area contributed by atoms with Crippen molar-refractivity contribution in [2.75, 3.05) is 25.5 Å². The largest absolute Gasteiger partial charge is 0.469 e. The van der Waals surface area contributed by atoms with Crippen molar-refractivity contribution < 1.29 is 14.3 Å². The maximum Gasteiger partial charge on any atom is 0.313 e. The molecule has 0 aromatic heterocycles. The van der Waals surface area contributed by atoms with Crippen LogP contribution in [0.5, 0.6) is 0 Å². The Hall–Kier alpha value is -1.88. The molecule has 2 aliphatic rings. The number of para-hydroxylation sites is 1. The molecule has 0 radical (unpaired) electrons. The molecule has 0 bridgehead atoms. The average Bonchev–Trinajstić information content (AvgIpc) is 3.05. The zero-order valence-corrected chi connectivity index (χ0v) is 13.8. The molecule has 1 aliphatic carbocycles. The van der Waals surface area contributed by atoms with Gasteiger partial charge in [-0.25, -0.2) is 0 Å². The van der Waals surface area contributed by atoms with E-state index in [1.165, 1.54) is 14.0 Å². The zero-order chi connectivity index (χ0) is 16.4. The third-order valence-corrected chi connectivity index (χ3v) is 5.26. The van der Waals surface area contributed by atoms with E-state index >= 15 is 0 Å². The summed E-state index contributed by atoms with van der Waals surface area (Å²) < 4.78 is 5.09. The molecule has 1 N–H and O–H groups in total. The van der Waals surface area contributed by atoms with Crippen LogP contribution in [0, 0.1) is 11.3 Å². The number of rotatable bonds is 4. The van der Waals surface area contributed by atoms with E-state index in [-0.39, 0.29) is 17.3 Å². The molecule has 1 amide bonds. The Balaban J connectivity index is 1.76. The first-order valence-corrected chi connectivity index (χ1v) is 8.21. The van der Waals surface area contributed by atoms with Crippen molar-refractivity contribution in [3.8, 4) is 0 Å². The number of ether oxygens (including phenoxy) is 1. The summed E-state index contributed by atoms with van der Waals surface area (Å²) in [6.07, 6.45) is 3.13. The van der Waals surface area contributed by atoms with Gasteiger partial charge in [-0.3, -0.25) is 14.5 Å². The SMILES string of the molecule is COC(=O)[C@]12CCC[C@@H]1CN(Cc1ccccc1NC(C)=O)C2. The van der Waals surface area contributed by atoms with Crippen molar-refractivity contribution in [3.63, 3.8) is 0 Å². The highest BCUT2D eigenvalue weighted by Gasteiger charge is 2.55. The Morgan fingerprint density at radius 1 is 1.39 bits per heavy atom. The lowest BCUT2D eigenvalue weighted by Crippen LogP contribution is -2.36. The number of fused-ring (bicyclic) bond motifs is 1. The van der Waals surface area contributed by atoms with E-state index < -0.39 is 0 Å². The van der Waals surface area contributed by atoms with Gasteiger partial charge in [0.15, 0.2) is 0 Å². The number of nitrogens with zero attached hydrogens (tertiary/aromatic N) is 1. The van der Waals surface area contributed by atoms with Gasteiger partial charge in [-0.15, -0.1) is 0 Å². The van der Waals surface area contributed by atoms with E-state index in [1.54, 1.807) is 0 Å². The normalized spacial score (nSPS) is 26.8. The number of benzene rings is 1. The van der Waals surface area contributed by atoms with Gasteiger partial charge in [0, 0.05) is 32.2 Å². The first-order chi connectivity index (χ1) is 11.0. The van der Waals surface area contributed by atoms with Gasteiger partial charge in [0.05, 0.1) is 12.5 Å². The minimum Gasteiger partial charge on any atom is -0.469 e. The van der Waals surface area contributed by atoms with Crippen LogP contribution in [0.2, 0.25) is 0 Å². The number of carbonyl (C=O) groups excluding carboxylic acids is 2. The Kier molecular flexibility index (Phi) is 4.39. The molecule has 0 unspecified atom stereocenters. The number of amides is 1. The van der Waals surface area contributed by atoms with E-state index in [9.17, 15) is 9.59 Å². The molecule has 23 heavy (non-hydrogen) atoms. The second kappa shape index (κ2) is 6.32. The van der Waals surface area contributed by atoms with Crippen LogP contribution in [0.3, 0.4) is 0 Å². The molecule has 1 heterocycles. The van der Waals surface area contributed by atoms with Crippen molar-refractivity contribution in [1.29, 1.82) is 0 Å². The lowest BCUT2D eigenvalue weighted by Gasteiger charge is -2.25. The quantitative estimate of drug-likeness (QED) is 0.867. The molecule has 1 saturated heterocycles. The van der Waals surface area contributed by atoms with E-state index in [2.05, 4.69) is 10.2 Å². The third-order valence-electron chi connectivity index (χ3n) is 5.26. The van der Waals surface area contributed by atoms with Gasteiger partial charge < -0.3 is 10.1 Å². The maximum atomic E-state index is 12.3. The van der Waals surface area contributed by atoms with Gasteiger partial charge in [-0.05, 0) is 30.4 Å². The fourth-order valence-corrected chi connectivity index (χ4v) is 4.26. The van der Waals surface area contributed by atoms with Crippen LogP contribution in [0.15, 0.2) is 24.3 Å². The molecule has 1 saturated carbocycles. The number of nitrogens with one attached hydrogen (secondary N) is 1. The maximum absolute atomic E-state index is 12.3. The summed E-state index contributed by atoms with van der Waals surface area (Å²) in [5.74, 6) is 0.266. The van der Waals surface area contributed by atoms with Gasteiger partial charge >= 0.3 is 5.97 Å². The summed E-state index contributed by atoms with van der Waals surface area (Å²) >= 11 is 0. The predicted molar refractivity (Wildman–Crippen MR) is 87.8 cm³/mol. The first kappa shape index (κ1) is 16.0. The molecule has 1 aromatic rings. The lowest BCUT2D eigenvalue weighted by atomic mass is 9.81. The smallest absolute Gasteiger partial charge is 0.313 e. The van der Waals surface area contributed by atoms with Crippen LogP contribution < -0.4 is 5.32 Å². The van der Waals surface area contributed by atoms with Gasteiger partial charge in [0.25, 0.3) is 0 Å². The highest BCUT2D eigenvalue weighted by Crippen LogP contribution is 2.49. The molecule has 124 valence electrons. The Bertz CT molecular complexity index is 616. The minimum absolute atomic E-state index is 0.0577. The Labute approximate surface area is 137 Å². The lowest BCUT2D eigenvalue weighted by molar-refractivity contribution is -0.153. The van der Waals surface area contributed by atoms with Crippen molar-refractivity contribution >= 4 is 17.6 Å². The van der Waals surface area contributed by atoms with Gasteiger partial charge in [0.2, 0.25) is 5.91 Å². The second-order valence-electron chi connectivity index (χ2n) is 6.74. The highest BCUT2D eigenvalue weighted by atomic mass is 16.5. The number of methoxy groups -OCH3 is 1. The molecular weight excluding hydrogens is 292 g/mol. The Morgan fingerprint density at radius 2 is 2.17 bits per heavy atom. The summed E-state index contributed by atoms with van der Waals surface area (Å²) in [7, 11) is 1.49. The van der Waals surface area contributed by atoms with Gasteiger partial charge in [-0.1, -0.05) is 24.6 Å². The molecule has 0 spiro atoms. The van der Waals surface area contributed by atoms with Crippen molar-refractivity contribution in [2.24, 2.45) is 11.3 Å². The standard InChI is InChI=1S/C18H24N2O3/c1-13(21)19-16-8-4-3-6-14(16)10-20-11-15-7-5-9-18(15,12-20)17(22)23-2/h3-4,6,8,15H,5,7,9-12H2,1-2H3,(H,19,21)/t15-,18+/m1/s1. The van der Waals surface area contributed by atoms with E-state index in [4.69, 9.17) is 4.74 Å². The van der Waals surface area contributed by atoms with Crippen molar-refractivity contribution in [2.45, 2.75) is 32.7 Å². The Morgan fingerprint density at radius 3 is 2.91 bits per heavy atom. The summed E-state index contributed by atoms with van der Waals surface area (Å²) in [6.45, 7) is 3.93. The molecule has 1 aromatic carbocycles.